The number of hydrogen-bond donors (Lipinski definition) is 0. The van der Waals surface area contributed by atoms with Gasteiger partial charge in [-0.2, -0.15) is 0 Å². The summed E-state index contributed by atoms with van der Waals surface area (Å²) in [4.78, 5) is 17.3. The quantitative estimate of drug-likeness (QED) is 0.608. The van der Waals surface area contributed by atoms with E-state index >= 15 is 0 Å². The van der Waals surface area contributed by atoms with Crippen LogP contribution in [0.25, 0.3) is 0 Å². The Kier molecular flexibility index (Phi) is 7.56. The fourth-order valence-corrected chi connectivity index (χ4v) is 4.60. The van der Waals surface area contributed by atoms with Gasteiger partial charge in [0.15, 0.2) is 0 Å². The third kappa shape index (κ3) is 5.93. The van der Waals surface area contributed by atoms with E-state index in [2.05, 4.69) is 39.6 Å². The number of carbonyl (C=O) groups excluding carboxylic acids is 1. The largest absolute Gasteiger partial charge is 0.492 e. The first kappa shape index (κ1) is 20.6. The molecule has 3 unspecified atom stereocenters. The molecule has 6 heteroatoms. The maximum absolute atomic E-state index is 12.7. The second kappa shape index (κ2) is 9.89. The van der Waals surface area contributed by atoms with E-state index in [1.807, 2.05) is 24.3 Å². The van der Waals surface area contributed by atoms with Gasteiger partial charge in [-0.3, -0.25) is 9.69 Å². The van der Waals surface area contributed by atoms with Gasteiger partial charge in [0.25, 0.3) is 0 Å². The minimum absolute atomic E-state index is 0.266. The molecule has 0 saturated carbocycles. The van der Waals surface area contributed by atoms with E-state index in [-0.39, 0.29) is 18.1 Å². The highest BCUT2D eigenvalue weighted by Crippen LogP contribution is 2.24. The van der Waals surface area contributed by atoms with Gasteiger partial charge in [0.1, 0.15) is 5.75 Å². The average molecular weight is 439 g/mol. The molecule has 1 aromatic rings. The molecule has 0 aromatic heterocycles. The third-order valence-electron chi connectivity index (χ3n) is 5.29. The molecule has 1 aromatic carbocycles. The molecule has 0 bridgehead atoms. The molecule has 2 heterocycles. The Bertz CT molecular complexity index is 617. The van der Waals surface area contributed by atoms with Gasteiger partial charge in [-0.1, -0.05) is 12.1 Å². The summed E-state index contributed by atoms with van der Waals surface area (Å²) in [6.07, 6.45) is 4.06. The molecule has 5 nitrogen and oxygen atoms in total. The van der Waals surface area contributed by atoms with Crippen molar-refractivity contribution >= 4 is 21.8 Å². The molecule has 0 aliphatic carbocycles. The lowest BCUT2D eigenvalue weighted by atomic mass is 10.1. The number of halogens is 1. The zero-order valence-corrected chi connectivity index (χ0v) is 18.0. The van der Waals surface area contributed by atoms with Gasteiger partial charge >= 0.3 is 0 Å². The summed E-state index contributed by atoms with van der Waals surface area (Å²) < 4.78 is 12.6. The maximum Gasteiger partial charge on any atom is 0.222 e. The average Bonchev–Trinajstić information content (AvgIpc) is 3.07. The summed E-state index contributed by atoms with van der Waals surface area (Å²) in [6, 6.07) is 8.16. The van der Waals surface area contributed by atoms with Crippen LogP contribution < -0.4 is 4.74 Å². The van der Waals surface area contributed by atoms with Crippen LogP contribution >= 0.6 is 15.9 Å². The van der Waals surface area contributed by atoms with Gasteiger partial charge in [-0.15, -0.1) is 0 Å². The zero-order valence-electron chi connectivity index (χ0n) is 16.4. The molecular weight excluding hydrogens is 408 g/mol. The van der Waals surface area contributed by atoms with Crippen LogP contribution in [0.15, 0.2) is 28.7 Å². The number of morpholine rings is 1. The molecule has 27 heavy (non-hydrogen) atoms. The summed E-state index contributed by atoms with van der Waals surface area (Å²) in [5.74, 6) is 1.10. The Morgan fingerprint density at radius 1 is 1.26 bits per heavy atom. The lowest BCUT2D eigenvalue weighted by molar-refractivity contribution is -0.133. The molecule has 2 fully saturated rings. The molecule has 2 saturated heterocycles. The van der Waals surface area contributed by atoms with Crippen molar-refractivity contribution in [1.82, 2.24) is 9.80 Å². The van der Waals surface area contributed by atoms with E-state index in [4.69, 9.17) is 9.47 Å². The van der Waals surface area contributed by atoms with E-state index < -0.39 is 0 Å². The molecular formula is C21H31BrN2O3. The number of likely N-dealkylation sites (tertiary alicyclic amines) is 1. The van der Waals surface area contributed by atoms with Crippen LogP contribution in [0.1, 0.15) is 39.5 Å². The lowest BCUT2D eigenvalue weighted by Gasteiger charge is -2.38. The summed E-state index contributed by atoms with van der Waals surface area (Å²) in [5.41, 5.74) is 0. The SMILES string of the molecule is CC1CN(CC2CCCN2C(=O)CCCOc2ccccc2Br)CC(C)O1. The summed E-state index contributed by atoms with van der Waals surface area (Å²) in [5, 5.41) is 0. The van der Waals surface area contributed by atoms with Crippen molar-refractivity contribution in [3.63, 3.8) is 0 Å². The topological polar surface area (TPSA) is 42.0 Å². The van der Waals surface area contributed by atoms with Crippen molar-refractivity contribution in [3.8, 4) is 5.75 Å². The molecule has 0 radical (unpaired) electrons. The number of hydrogen-bond acceptors (Lipinski definition) is 4. The number of rotatable bonds is 7. The Hall–Kier alpha value is -1.11. The van der Waals surface area contributed by atoms with Crippen molar-refractivity contribution in [3.05, 3.63) is 28.7 Å². The molecule has 3 rings (SSSR count). The van der Waals surface area contributed by atoms with Gasteiger partial charge in [0.2, 0.25) is 5.91 Å². The highest BCUT2D eigenvalue weighted by atomic mass is 79.9. The first-order chi connectivity index (χ1) is 13.0. The van der Waals surface area contributed by atoms with Crippen LogP contribution in [0, 0.1) is 0 Å². The van der Waals surface area contributed by atoms with Gasteiger partial charge in [-0.25, -0.2) is 0 Å². The minimum atomic E-state index is 0.266. The molecule has 2 aliphatic rings. The number of benzene rings is 1. The van der Waals surface area contributed by atoms with Gasteiger partial charge in [0, 0.05) is 38.6 Å². The van der Waals surface area contributed by atoms with Crippen molar-refractivity contribution in [1.29, 1.82) is 0 Å². The van der Waals surface area contributed by atoms with E-state index in [1.54, 1.807) is 0 Å². The fourth-order valence-electron chi connectivity index (χ4n) is 4.20. The first-order valence-electron chi connectivity index (χ1n) is 10.1. The van der Waals surface area contributed by atoms with E-state index in [0.717, 1.165) is 55.7 Å². The number of nitrogens with zero attached hydrogens (tertiary/aromatic N) is 2. The highest BCUT2D eigenvalue weighted by Gasteiger charge is 2.32. The minimum Gasteiger partial charge on any atom is -0.492 e. The number of para-hydroxylation sites is 1. The first-order valence-corrected chi connectivity index (χ1v) is 10.9. The van der Waals surface area contributed by atoms with Crippen LogP contribution in [0.2, 0.25) is 0 Å². The van der Waals surface area contributed by atoms with Crippen molar-refractivity contribution in [2.75, 3.05) is 32.8 Å². The Balaban J connectivity index is 1.42. The summed E-state index contributed by atoms with van der Waals surface area (Å²) >= 11 is 3.48. The smallest absolute Gasteiger partial charge is 0.222 e. The maximum atomic E-state index is 12.7. The van der Waals surface area contributed by atoms with Crippen molar-refractivity contribution in [2.45, 2.75) is 57.8 Å². The Morgan fingerprint density at radius 2 is 2.00 bits per heavy atom. The van der Waals surface area contributed by atoms with Crippen LogP contribution in [0.5, 0.6) is 5.75 Å². The van der Waals surface area contributed by atoms with Gasteiger partial charge in [0.05, 0.1) is 23.3 Å². The van der Waals surface area contributed by atoms with E-state index in [1.165, 1.54) is 0 Å². The van der Waals surface area contributed by atoms with Crippen molar-refractivity contribution in [2.24, 2.45) is 0 Å². The predicted octanol–water partition coefficient (Wildman–Crippen LogP) is 3.71. The van der Waals surface area contributed by atoms with Crippen molar-refractivity contribution < 1.29 is 14.3 Å². The fraction of sp³-hybridized carbons (Fsp3) is 0.667. The molecule has 1 amide bonds. The van der Waals surface area contributed by atoms with Crippen LogP contribution in [-0.4, -0.2) is 66.7 Å². The van der Waals surface area contributed by atoms with Gasteiger partial charge < -0.3 is 14.4 Å². The van der Waals surface area contributed by atoms with Crippen LogP contribution in [0.3, 0.4) is 0 Å². The second-order valence-electron chi connectivity index (χ2n) is 7.74. The standard InChI is InChI=1S/C21H31BrN2O3/c1-16-13-23(14-17(2)27-16)15-18-7-5-11-24(18)21(25)10-6-12-26-20-9-4-3-8-19(20)22/h3-4,8-9,16-18H,5-7,10-15H2,1-2H3. The predicted molar refractivity (Wildman–Crippen MR) is 110 cm³/mol. The normalized spacial score (nSPS) is 26.3. The molecule has 0 N–H and O–H groups in total. The third-order valence-corrected chi connectivity index (χ3v) is 5.95. The molecule has 3 atom stereocenters. The van der Waals surface area contributed by atoms with E-state index in [0.29, 0.717) is 19.1 Å². The number of amides is 1. The summed E-state index contributed by atoms with van der Waals surface area (Å²) in [7, 11) is 0. The van der Waals surface area contributed by atoms with E-state index in [9.17, 15) is 4.79 Å². The van der Waals surface area contributed by atoms with Gasteiger partial charge in [-0.05, 0) is 61.2 Å². The molecule has 2 aliphatic heterocycles. The zero-order chi connectivity index (χ0) is 19.2. The number of carbonyl (C=O) groups is 1. The Morgan fingerprint density at radius 3 is 2.74 bits per heavy atom. The highest BCUT2D eigenvalue weighted by molar-refractivity contribution is 9.10. The Labute approximate surface area is 171 Å². The molecule has 0 spiro atoms. The lowest BCUT2D eigenvalue weighted by Crippen LogP contribution is -2.50. The number of ether oxygens (including phenoxy) is 2. The van der Waals surface area contributed by atoms with Crippen LogP contribution in [-0.2, 0) is 9.53 Å². The summed E-state index contributed by atoms with van der Waals surface area (Å²) in [6.45, 7) is 8.61. The molecule has 150 valence electrons. The second-order valence-corrected chi connectivity index (χ2v) is 8.60. The van der Waals surface area contributed by atoms with Crippen LogP contribution in [0.4, 0.5) is 0 Å². The monoisotopic (exact) mass is 438 g/mol.